The predicted molar refractivity (Wildman–Crippen MR) is 88.3 cm³/mol. The van der Waals surface area contributed by atoms with Gasteiger partial charge in [-0.2, -0.15) is 5.10 Å². The van der Waals surface area contributed by atoms with Crippen molar-refractivity contribution in [3.63, 3.8) is 0 Å². The van der Waals surface area contributed by atoms with Gasteiger partial charge in [-0.15, -0.1) is 0 Å². The minimum Gasteiger partial charge on any atom is -0.374 e. The van der Waals surface area contributed by atoms with Crippen LogP contribution >= 0.6 is 0 Å². The predicted octanol–water partition coefficient (Wildman–Crippen LogP) is 1.43. The molecule has 1 aliphatic heterocycles. The maximum absolute atomic E-state index is 12.0. The summed E-state index contributed by atoms with van der Waals surface area (Å²) >= 11 is 0. The number of morpholine rings is 1. The third kappa shape index (κ3) is 4.78. The van der Waals surface area contributed by atoms with Crippen molar-refractivity contribution in [2.75, 3.05) is 32.8 Å². The van der Waals surface area contributed by atoms with E-state index < -0.39 is 0 Å². The van der Waals surface area contributed by atoms with Crippen LogP contribution < -0.4 is 5.32 Å². The average molecular weight is 320 g/mol. The summed E-state index contributed by atoms with van der Waals surface area (Å²) in [5, 5.41) is 7.06. The molecule has 23 heavy (non-hydrogen) atoms. The second-order valence-electron chi connectivity index (χ2n) is 6.84. The standard InChI is InChI=1S/C17H28N4O2/c1-20-8-7-16(19-20)17(22)18-11-15-13-21(9-10-23-15)12-14-5-3-2-4-6-14/h7-8,14-15H,2-6,9-13H2,1H3,(H,18,22). The molecule has 1 aromatic rings. The number of aromatic nitrogens is 2. The van der Waals surface area contributed by atoms with E-state index in [1.807, 2.05) is 7.05 Å². The van der Waals surface area contributed by atoms with Crippen LogP contribution in [0.1, 0.15) is 42.6 Å². The van der Waals surface area contributed by atoms with Crippen molar-refractivity contribution in [3.05, 3.63) is 18.0 Å². The van der Waals surface area contributed by atoms with Gasteiger partial charge in [0.2, 0.25) is 0 Å². The quantitative estimate of drug-likeness (QED) is 0.892. The fourth-order valence-electron chi connectivity index (χ4n) is 3.64. The number of ether oxygens (including phenoxy) is 1. The molecule has 1 unspecified atom stereocenters. The van der Waals surface area contributed by atoms with Crippen LogP contribution in [0.25, 0.3) is 0 Å². The number of hydrogen-bond donors (Lipinski definition) is 1. The number of carbonyl (C=O) groups is 1. The van der Waals surface area contributed by atoms with Gasteiger partial charge in [0.15, 0.2) is 0 Å². The summed E-state index contributed by atoms with van der Waals surface area (Å²) in [5.74, 6) is 0.726. The Morgan fingerprint density at radius 2 is 2.22 bits per heavy atom. The second-order valence-corrected chi connectivity index (χ2v) is 6.84. The molecule has 1 amide bonds. The maximum atomic E-state index is 12.0. The molecule has 1 N–H and O–H groups in total. The molecule has 1 aliphatic carbocycles. The minimum absolute atomic E-state index is 0.0833. The van der Waals surface area contributed by atoms with E-state index in [1.54, 1.807) is 16.9 Å². The fourth-order valence-corrected chi connectivity index (χ4v) is 3.64. The number of hydrogen-bond acceptors (Lipinski definition) is 4. The fraction of sp³-hybridized carbons (Fsp3) is 0.765. The lowest BCUT2D eigenvalue weighted by atomic mass is 9.89. The lowest BCUT2D eigenvalue weighted by Crippen LogP contribution is -2.48. The summed E-state index contributed by atoms with van der Waals surface area (Å²) in [7, 11) is 1.81. The molecule has 2 fully saturated rings. The molecule has 6 nitrogen and oxygen atoms in total. The van der Waals surface area contributed by atoms with Gasteiger partial charge in [-0.05, 0) is 24.8 Å². The number of amides is 1. The van der Waals surface area contributed by atoms with E-state index in [9.17, 15) is 4.79 Å². The Morgan fingerprint density at radius 3 is 2.96 bits per heavy atom. The smallest absolute Gasteiger partial charge is 0.271 e. The molecule has 0 aromatic carbocycles. The molecule has 2 aliphatic rings. The molecule has 6 heteroatoms. The van der Waals surface area contributed by atoms with Crippen molar-refractivity contribution in [1.29, 1.82) is 0 Å². The van der Waals surface area contributed by atoms with Crippen LogP contribution in [0.15, 0.2) is 12.3 Å². The van der Waals surface area contributed by atoms with E-state index in [-0.39, 0.29) is 12.0 Å². The molecule has 1 atom stereocenters. The van der Waals surface area contributed by atoms with E-state index in [1.165, 1.54) is 38.6 Å². The van der Waals surface area contributed by atoms with Gasteiger partial charge in [-0.1, -0.05) is 19.3 Å². The van der Waals surface area contributed by atoms with Gasteiger partial charge >= 0.3 is 0 Å². The van der Waals surface area contributed by atoms with Crippen molar-refractivity contribution in [3.8, 4) is 0 Å². The van der Waals surface area contributed by atoms with Crippen LogP contribution in [-0.4, -0.2) is 59.5 Å². The van der Waals surface area contributed by atoms with Crippen LogP contribution in [0.3, 0.4) is 0 Å². The summed E-state index contributed by atoms with van der Waals surface area (Å²) in [5.41, 5.74) is 0.461. The number of carbonyl (C=O) groups excluding carboxylic acids is 1. The van der Waals surface area contributed by atoms with E-state index in [0.29, 0.717) is 12.2 Å². The third-order valence-corrected chi connectivity index (χ3v) is 4.90. The molecule has 2 heterocycles. The highest BCUT2D eigenvalue weighted by molar-refractivity contribution is 5.92. The minimum atomic E-state index is -0.126. The molecule has 1 aromatic heterocycles. The summed E-state index contributed by atoms with van der Waals surface area (Å²) in [4.78, 5) is 14.6. The number of nitrogens with one attached hydrogen (secondary N) is 1. The summed E-state index contributed by atoms with van der Waals surface area (Å²) in [6.45, 7) is 4.43. The van der Waals surface area contributed by atoms with Gasteiger partial charge in [-0.3, -0.25) is 14.4 Å². The van der Waals surface area contributed by atoms with Crippen LogP contribution in [-0.2, 0) is 11.8 Å². The van der Waals surface area contributed by atoms with Gasteiger partial charge in [0.05, 0.1) is 12.7 Å². The van der Waals surface area contributed by atoms with E-state index in [0.717, 1.165) is 25.6 Å². The van der Waals surface area contributed by atoms with E-state index in [4.69, 9.17) is 4.74 Å². The Hall–Kier alpha value is -1.40. The van der Waals surface area contributed by atoms with Crippen molar-refractivity contribution in [2.45, 2.75) is 38.2 Å². The highest BCUT2D eigenvalue weighted by atomic mass is 16.5. The molecular formula is C17H28N4O2. The zero-order valence-corrected chi connectivity index (χ0v) is 14.0. The van der Waals surface area contributed by atoms with Crippen LogP contribution in [0.2, 0.25) is 0 Å². The molecule has 1 saturated carbocycles. The normalized spacial score (nSPS) is 23.8. The molecular weight excluding hydrogens is 292 g/mol. The first kappa shape index (κ1) is 16.5. The zero-order valence-electron chi connectivity index (χ0n) is 14.0. The Balaban J connectivity index is 1.42. The highest BCUT2D eigenvalue weighted by Gasteiger charge is 2.24. The topological polar surface area (TPSA) is 59.4 Å². The van der Waals surface area contributed by atoms with Crippen LogP contribution in [0.5, 0.6) is 0 Å². The second kappa shape index (κ2) is 7.93. The van der Waals surface area contributed by atoms with E-state index >= 15 is 0 Å². The third-order valence-electron chi connectivity index (χ3n) is 4.90. The van der Waals surface area contributed by atoms with Gasteiger partial charge in [-0.25, -0.2) is 0 Å². The van der Waals surface area contributed by atoms with Crippen molar-refractivity contribution in [2.24, 2.45) is 13.0 Å². The summed E-state index contributed by atoms with van der Waals surface area (Å²) in [6, 6.07) is 1.73. The SMILES string of the molecule is Cn1ccc(C(=O)NCC2CN(CC3CCCCC3)CCO2)n1. The summed E-state index contributed by atoms with van der Waals surface area (Å²) in [6.07, 6.45) is 8.79. The molecule has 128 valence electrons. The van der Waals surface area contributed by atoms with Crippen molar-refractivity contribution >= 4 is 5.91 Å². The Bertz CT molecular complexity index is 510. The first-order valence-corrected chi connectivity index (χ1v) is 8.82. The first-order valence-electron chi connectivity index (χ1n) is 8.82. The largest absolute Gasteiger partial charge is 0.374 e. The average Bonchev–Trinajstić information content (AvgIpc) is 3.01. The van der Waals surface area contributed by atoms with Crippen molar-refractivity contribution in [1.82, 2.24) is 20.0 Å². The Labute approximate surface area is 138 Å². The maximum Gasteiger partial charge on any atom is 0.271 e. The Morgan fingerprint density at radius 1 is 1.39 bits per heavy atom. The zero-order chi connectivity index (χ0) is 16.1. The van der Waals surface area contributed by atoms with Crippen molar-refractivity contribution < 1.29 is 9.53 Å². The lowest BCUT2D eigenvalue weighted by Gasteiger charge is -2.36. The number of rotatable bonds is 5. The van der Waals surface area contributed by atoms with Crippen LogP contribution in [0, 0.1) is 5.92 Å². The lowest BCUT2D eigenvalue weighted by molar-refractivity contribution is -0.0323. The van der Waals surface area contributed by atoms with Gasteiger partial charge in [0, 0.05) is 39.4 Å². The summed E-state index contributed by atoms with van der Waals surface area (Å²) < 4.78 is 7.44. The molecule has 1 saturated heterocycles. The molecule has 0 spiro atoms. The molecule has 0 radical (unpaired) electrons. The van der Waals surface area contributed by atoms with E-state index in [2.05, 4.69) is 15.3 Å². The first-order chi connectivity index (χ1) is 11.2. The highest BCUT2D eigenvalue weighted by Crippen LogP contribution is 2.24. The van der Waals surface area contributed by atoms with Gasteiger partial charge in [0.25, 0.3) is 5.91 Å². The number of aryl methyl sites for hydroxylation is 1. The van der Waals surface area contributed by atoms with Gasteiger partial charge in [0.1, 0.15) is 5.69 Å². The Kier molecular flexibility index (Phi) is 5.67. The van der Waals surface area contributed by atoms with Crippen LogP contribution in [0.4, 0.5) is 0 Å². The number of nitrogens with zero attached hydrogens (tertiary/aromatic N) is 3. The molecule has 3 rings (SSSR count). The van der Waals surface area contributed by atoms with Gasteiger partial charge < -0.3 is 10.1 Å². The monoisotopic (exact) mass is 320 g/mol. The molecule has 0 bridgehead atoms.